The molecule has 2 aromatic heterocycles. The highest BCUT2D eigenvalue weighted by Gasteiger charge is 2.10. The minimum absolute atomic E-state index is 0.127. The Morgan fingerprint density at radius 2 is 2.29 bits per heavy atom. The van der Waals surface area contributed by atoms with Gasteiger partial charge in [-0.15, -0.1) is 0 Å². The second kappa shape index (κ2) is 4.81. The van der Waals surface area contributed by atoms with Crippen molar-refractivity contribution in [2.75, 3.05) is 5.32 Å². The lowest BCUT2D eigenvalue weighted by atomic mass is 10.2. The van der Waals surface area contributed by atoms with Gasteiger partial charge in [-0.25, -0.2) is 9.97 Å². The Labute approximate surface area is 108 Å². The zero-order chi connectivity index (χ0) is 12.4. The summed E-state index contributed by atoms with van der Waals surface area (Å²) >= 11 is 7.26. The summed E-state index contributed by atoms with van der Waals surface area (Å²) in [4.78, 5) is 20.1. The third-order valence-corrected chi connectivity index (χ3v) is 3.40. The Bertz CT molecular complexity index is 568. The number of nitrogens with zero attached hydrogens (tertiary/aromatic N) is 2. The van der Waals surface area contributed by atoms with Gasteiger partial charge in [-0.2, -0.15) is 0 Å². The number of nitrogens with one attached hydrogen (secondary N) is 1. The van der Waals surface area contributed by atoms with Crippen LogP contribution in [0.5, 0.6) is 0 Å². The van der Waals surface area contributed by atoms with Gasteiger partial charge < -0.3 is 5.32 Å². The second-order valence-corrected chi connectivity index (χ2v) is 4.87. The molecule has 0 spiro atoms. The van der Waals surface area contributed by atoms with Crippen LogP contribution in [0.1, 0.15) is 12.6 Å². The van der Waals surface area contributed by atoms with E-state index in [1.165, 1.54) is 18.3 Å². The Hall–Kier alpha value is -1.46. The van der Waals surface area contributed by atoms with Crippen molar-refractivity contribution < 1.29 is 4.79 Å². The molecule has 0 bridgehead atoms. The van der Waals surface area contributed by atoms with Crippen molar-refractivity contribution >= 4 is 34.0 Å². The van der Waals surface area contributed by atoms with Crippen molar-refractivity contribution in [3.05, 3.63) is 29.2 Å². The van der Waals surface area contributed by atoms with Gasteiger partial charge in [0.1, 0.15) is 5.15 Å². The molecule has 0 atom stereocenters. The van der Waals surface area contributed by atoms with E-state index in [2.05, 4.69) is 15.3 Å². The van der Waals surface area contributed by atoms with Gasteiger partial charge in [-0.3, -0.25) is 4.79 Å². The molecule has 2 aromatic rings. The van der Waals surface area contributed by atoms with Crippen LogP contribution >= 0.6 is 22.9 Å². The first kappa shape index (κ1) is 12.0. The smallest absolute Gasteiger partial charge is 0.223 e. The Balaban J connectivity index is 2.39. The molecule has 2 rings (SSSR count). The van der Waals surface area contributed by atoms with E-state index < -0.39 is 0 Å². The van der Waals surface area contributed by atoms with Gasteiger partial charge in [0.05, 0.1) is 10.6 Å². The summed E-state index contributed by atoms with van der Waals surface area (Å²) in [7, 11) is 0. The van der Waals surface area contributed by atoms with Gasteiger partial charge >= 0.3 is 0 Å². The molecule has 0 radical (unpaired) electrons. The number of thiazole rings is 1. The summed E-state index contributed by atoms with van der Waals surface area (Å²) in [5, 5.41) is 3.71. The van der Waals surface area contributed by atoms with Crippen LogP contribution in [0.15, 0.2) is 18.3 Å². The van der Waals surface area contributed by atoms with E-state index in [0.717, 1.165) is 16.1 Å². The Morgan fingerprint density at radius 3 is 2.94 bits per heavy atom. The normalized spacial score (nSPS) is 10.3. The topological polar surface area (TPSA) is 54.9 Å². The van der Waals surface area contributed by atoms with Crippen molar-refractivity contribution in [3.8, 4) is 10.4 Å². The maximum atomic E-state index is 10.9. The van der Waals surface area contributed by atoms with Crippen molar-refractivity contribution in [2.24, 2.45) is 0 Å². The molecule has 0 aliphatic carbocycles. The Kier molecular flexibility index (Phi) is 3.40. The fourth-order valence-electron chi connectivity index (χ4n) is 1.41. The van der Waals surface area contributed by atoms with E-state index in [-0.39, 0.29) is 5.91 Å². The first-order chi connectivity index (χ1) is 8.06. The summed E-state index contributed by atoms with van der Waals surface area (Å²) in [6, 6.07) is 3.64. The standard InChI is InChI=1S/C11H10ClN3OS/c1-6-10(8-3-4-13-9(12)5-8)17-11(14-6)15-7(2)16/h3-5H,1-2H3,(H,14,15,16). The van der Waals surface area contributed by atoms with Crippen LogP contribution in [0.25, 0.3) is 10.4 Å². The third-order valence-electron chi connectivity index (χ3n) is 2.07. The molecule has 88 valence electrons. The molecule has 0 unspecified atom stereocenters. The van der Waals surface area contributed by atoms with E-state index in [1.807, 2.05) is 13.0 Å². The van der Waals surface area contributed by atoms with Gasteiger partial charge in [-0.05, 0) is 24.6 Å². The molecule has 1 amide bonds. The molecular formula is C11H10ClN3OS. The number of carbonyl (C=O) groups excluding carboxylic acids is 1. The molecule has 0 fully saturated rings. The first-order valence-electron chi connectivity index (χ1n) is 4.93. The lowest BCUT2D eigenvalue weighted by Crippen LogP contribution is -2.04. The minimum Gasteiger partial charge on any atom is -0.302 e. The molecule has 6 heteroatoms. The SMILES string of the molecule is CC(=O)Nc1nc(C)c(-c2ccnc(Cl)c2)s1. The highest BCUT2D eigenvalue weighted by Crippen LogP contribution is 2.33. The first-order valence-corrected chi connectivity index (χ1v) is 6.12. The van der Waals surface area contributed by atoms with Crippen LogP contribution in [0, 0.1) is 6.92 Å². The summed E-state index contributed by atoms with van der Waals surface area (Å²) in [6.45, 7) is 3.35. The zero-order valence-corrected chi connectivity index (χ0v) is 10.9. The molecule has 1 N–H and O–H groups in total. The van der Waals surface area contributed by atoms with E-state index >= 15 is 0 Å². The molecule has 0 aromatic carbocycles. The molecule has 0 aliphatic heterocycles. The number of aromatic nitrogens is 2. The van der Waals surface area contributed by atoms with E-state index in [9.17, 15) is 4.79 Å². The molecule has 17 heavy (non-hydrogen) atoms. The molecule has 0 saturated heterocycles. The Morgan fingerprint density at radius 1 is 1.53 bits per heavy atom. The minimum atomic E-state index is -0.127. The summed E-state index contributed by atoms with van der Waals surface area (Å²) in [6.07, 6.45) is 1.65. The molecule has 4 nitrogen and oxygen atoms in total. The fraction of sp³-hybridized carbons (Fsp3) is 0.182. The van der Waals surface area contributed by atoms with Crippen LogP contribution in [0.4, 0.5) is 5.13 Å². The predicted octanol–water partition coefficient (Wildman–Crippen LogP) is 3.13. The molecule has 0 saturated carbocycles. The lowest BCUT2D eigenvalue weighted by molar-refractivity contribution is -0.114. The summed E-state index contributed by atoms with van der Waals surface area (Å²) < 4.78 is 0. The number of carbonyl (C=O) groups is 1. The third kappa shape index (κ3) is 2.81. The predicted molar refractivity (Wildman–Crippen MR) is 69.4 cm³/mol. The monoisotopic (exact) mass is 267 g/mol. The average Bonchev–Trinajstić information content (AvgIpc) is 2.58. The van der Waals surface area contributed by atoms with Gasteiger partial charge in [0.25, 0.3) is 0 Å². The van der Waals surface area contributed by atoms with Crippen molar-refractivity contribution in [1.82, 2.24) is 9.97 Å². The molecule has 0 aliphatic rings. The number of rotatable bonds is 2. The molecule has 2 heterocycles. The van der Waals surface area contributed by atoms with Gasteiger partial charge in [0.2, 0.25) is 5.91 Å². The number of hydrogen-bond acceptors (Lipinski definition) is 4. The van der Waals surface area contributed by atoms with E-state index in [1.54, 1.807) is 12.3 Å². The van der Waals surface area contributed by atoms with Crippen LogP contribution < -0.4 is 5.32 Å². The molecular weight excluding hydrogens is 258 g/mol. The van der Waals surface area contributed by atoms with E-state index in [4.69, 9.17) is 11.6 Å². The van der Waals surface area contributed by atoms with Crippen molar-refractivity contribution in [1.29, 1.82) is 0 Å². The van der Waals surface area contributed by atoms with Crippen LogP contribution in [0.2, 0.25) is 5.15 Å². The highest BCUT2D eigenvalue weighted by atomic mass is 35.5. The number of halogens is 1. The number of pyridine rings is 1. The zero-order valence-electron chi connectivity index (χ0n) is 9.32. The quantitative estimate of drug-likeness (QED) is 0.851. The average molecular weight is 268 g/mol. The van der Waals surface area contributed by atoms with Crippen LogP contribution in [-0.2, 0) is 4.79 Å². The maximum absolute atomic E-state index is 10.9. The summed E-state index contributed by atoms with van der Waals surface area (Å²) in [5.41, 5.74) is 1.82. The number of amides is 1. The van der Waals surface area contributed by atoms with Crippen LogP contribution in [0.3, 0.4) is 0 Å². The maximum Gasteiger partial charge on any atom is 0.223 e. The van der Waals surface area contributed by atoms with Crippen molar-refractivity contribution in [3.63, 3.8) is 0 Å². The van der Waals surface area contributed by atoms with Gasteiger partial charge in [0, 0.05) is 13.1 Å². The van der Waals surface area contributed by atoms with Gasteiger partial charge in [0.15, 0.2) is 5.13 Å². The lowest BCUT2D eigenvalue weighted by Gasteiger charge is -1.97. The number of anilines is 1. The van der Waals surface area contributed by atoms with E-state index in [0.29, 0.717) is 10.3 Å². The summed E-state index contributed by atoms with van der Waals surface area (Å²) in [5.74, 6) is -0.127. The number of aryl methyl sites for hydroxylation is 1. The van der Waals surface area contributed by atoms with Gasteiger partial charge in [-0.1, -0.05) is 22.9 Å². The van der Waals surface area contributed by atoms with Crippen LogP contribution in [-0.4, -0.2) is 15.9 Å². The highest BCUT2D eigenvalue weighted by molar-refractivity contribution is 7.19. The van der Waals surface area contributed by atoms with Crippen molar-refractivity contribution in [2.45, 2.75) is 13.8 Å². The number of hydrogen-bond donors (Lipinski definition) is 1. The largest absolute Gasteiger partial charge is 0.302 e. The fourth-order valence-corrected chi connectivity index (χ4v) is 2.59. The second-order valence-electron chi connectivity index (χ2n) is 3.48.